The highest BCUT2D eigenvalue weighted by Crippen LogP contribution is 2.31. The second-order valence-electron chi connectivity index (χ2n) is 5.43. The zero-order valence-corrected chi connectivity index (χ0v) is 11.0. The van der Waals surface area contributed by atoms with Crippen LogP contribution < -0.4 is 0 Å². The highest BCUT2D eigenvalue weighted by molar-refractivity contribution is 5.40. The van der Waals surface area contributed by atoms with E-state index in [1.807, 2.05) is 18.7 Å². The summed E-state index contributed by atoms with van der Waals surface area (Å²) in [4.78, 5) is 12.2. The standard InChI is InChI=1S/C13H17FN2O3/c1-9(2)13(17)7-15(8-13)6-10-5-11(14)3-4-12(10)16(18)19/h3-5,9,17H,6-8H2,1-2H3. The maximum Gasteiger partial charge on any atom is 0.274 e. The molecule has 1 heterocycles. The van der Waals surface area contributed by atoms with Crippen LogP contribution in [0.2, 0.25) is 0 Å². The molecule has 1 fully saturated rings. The van der Waals surface area contributed by atoms with Crippen LogP contribution in [0.4, 0.5) is 10.1 Å². The van der Waals surface area contributed by atoms with Crippen molar-refractivity contribution in [3.8, 4) is 0 Å². The highest BCUT2D eigenvalue weighted by atomic mass is 19.1. The molecule has 5 nitrogen and oxygen atoms in total. The Morgan fingerprint density at radius 2 is 2.16 bits per heavy atom. The summed E-state index contributed by atoms with van der Waals surface area (Å²) in [6.45, 7) is 5.06. The van der Waals surface area contributed by atoms with Crippen LogP contribution >= 0.6 is 0 Å². The Hall–Kier alpha value is -1.53. The minimum Gasteiger partial charge on any atom is -0.387 e. The van der Waals surface area contributed by atoms with Crippen LogP contribution in [-0.2, 0) is 6.54 Å². The second-order valence-corrected chi connectivity index (χ2v) is 5.43. The minimum absolute atomic E-state index is 0.0820. The van der Waals surface area contributed by atoms with Gasteiger partial charge in [0.1, 0.15) is 5.82 Å². The molecule has 0 radical (unpaired) electrons. The zero-order chi connectivity index (χ0) is 14.2. The highest BCUT2D eigenvalue weighted by Gasteiger charge is 2.43. The molecule has 1 aliphatic rings. The number of hydrogen-bond acceptors (Lipinski definition) is 4. The number of nitro benzene ring substituents is 1. The molecule has 0 atom stereocenters. The molecule has 1 aliphatic heterocycles. The van der Waals surface area contributed by atoms with E-state index in [-0.39, 0.29) is 18.2 Å². The first-order valence-electron chi connectivity index (χ1n) is 6.19. The van der Waals surface area contributed by atoms with E-state index < -0.39 is 16.3 Å². The van der Waals surface area contributed by atoms with Crippen LogP contribution in [0.3, 0.4) is 0 Å². The van der Waals surface area contributed by atoms with Gasteiger partial charge in [-0.25, -0.2) is 4.39 Å². The predicted molar refractivity (Wildman–Crippen MR) is 68.1 cm³/mol. The van der Waals surface area contributed by atoms with Gasteiger partial charge >= 0.3 is 0 Å². The Morgan fingerprint density at radius 1 is 1.53 bits per heavy atom. The lowest BCUT2D eigenvalue weighted by atomic mass is 9.83. The number of benzene rings is 1. The summed E-state index contributed by atoms with van der Waals surface area (Å²) in [6.07, 6.45) is 0. The third-order valence-electron chi connectivity index (χ3n) is 3.70. The van der Waals surface area contributed by atoms with E-state index in [9.17, 15) is 19.6 Å². The first-order valence-corrected chi connectivity index (χ1v) is 6.19. The van der Waals surface area contributed by atoms with Gasteiger partial charge in [0.05, 0.1) is 10.5 Å². The molecule has 0 saturated carbocycles. The summed E-state index contributed by atoms with van der Waals surface area (Å²) in [5.41, 5.74) is -0.473. The number of rotatable bonds is 4. The molecule has 2 rings (SSSR count). The molecule has 19 heavy (non-hydrogen) atoms. The summed E-state index contributed by atoms with van der Waals surface area (Å²) in [7, 11) is 0. The molecule has 0 unspecified atom stereocenters. The fourth-order valence-electron chi connectivity index (χ4n) is 2.30. The first-order chi connectivity index (χ1) is 8.82. The quantitative estimate of drug-likeness (QED) is 0.669. The van der Waals surface area contributed by atoms with Gasteiger partial charge < -0.3 is 5.11 Å². The molecule has 0 aromatic heterocycles. The monoisotopic (exact) mass is 268 g/mol. The number of nitrogens with zero attached hydrogens (tertiary/aromatic N) is 2. The predicted octanol–water partition coefficient (Wildman–Crippen LogP) is 1.94. The van der Waals surface area contributed by atoms with E-state index in [1.54, 1.807) is 0 Å². The maximum absolute atomic E-state index is 13.2. The lowest BCUT2D eigenvalue weighted by molar-refractivity contribution is -0.385. The number of aliphatic hydroxyl groups is 1. The molecule has 104 valence electrons. The van der Waals surface area contributed by atoms with Crippen LogP contribution in [0, 0.1) is 21.8 Å². The van der Waals surface area contributed by atoms with Gasteiger partial charge in [0, 0.05) is 31.3 Å². The van der Waals surface area contributed by atoms with Crippen molar-refractivity contribution < 1.29 is 14.4 Å². The van der Waals surface area contributed by atoms with Crippen LogP contribution in [0.15, 0.2) is 18.2 Å². The van der Waals surface area contributed by atoms with Crippen molar-refractivity contribution in [2.75, 3.05) is 13.1 Å². The topological polar surface area (TPSA) is 66.6 Å². The van der Waals surface area contributed by atoms with Gasteiger partial charge in [0.15, 0.2) is 0 Å². The third-order valence-corrected chi connectivity index (χ3v) is 3.70. The molecule has 0 bridgehead atoms. The Kier molecular flexibility index (Phi) is 3.56. The van der Waals surface area contributed by atoms with Crippen molar-refractivity contribution in [3.05, 3.63) is 39.7 Å². The molecule has 1 saturated heterocycles. The molecular weight excluding hydrogens is 251 g/mol. The van der Waals surface area contributed by atoms with Crippen LogP contribution in [0.1, 0.15) is 19.4 Å². The van der Waals surface area contributed by atoms with E-state index in [0.29, 0.717) is 18.7 Å². The van der Waals surface area contributed by atoms with Crippen molar-refractivity contribution in [2.24, 2.45) is 5.92 Å². The van der Waals surface area contributed by atoms with E-state index in [0.717, 1.165) is 6.07 Å². The van der Waals surface area contributed by atoms with E-state index >= 15 is 0 Å². The molecule has 0 aliphatic carbocycles. The number of hydrogen-bond donors (Lipinski definition) is 1. The van der Waals surface area contributed by atoms with Crippen molar-refractivity contribution >= 4 is 5.69 Å². The normalized spacial score (nSPS) is 18.4. The van der Waals surface area contributed by atoms with Crippen molar-refractivity contribution in [3.63, 3.8) is 0 Å². The van der Waals surface area contributed by atoms with Gasteiger partial charge in [-0.05, 0) is 18.1 Å². The number of likely N-dealkylation sites (tertiary alicyclic amines) is 1. The van der Waals surface area contributed by atoms with Crippen molar-refractivity contribution in [1.29, 1.82) is 0 Å². The lowest BCUT2D eigenvalue weighted by Gasteiger charge is -2.49. The van der Waals surface area contributed by atoms with Gasteiger partial charge in [-0.15, -0.1) is 0 Å². The summed E-state index contributed by atoms with van der Waals surface area (Å²) in [5, 5.41) is 21.0. The second kappa shape index (κ2) is 4.86. The third kappa shape index (κ3) is 2.74. The maximum atomic E-state index is 13.2. The van der Waals surface area contributed by atoms with E-state index in [4.69, 9.17) is 0 Å². The smallest absolute Gasteiger partial charge is 0.274 e. The minimum atomic E-state index is -0.734. The van der Waals surface area contributed by atoms with E-state index in [2.05, 4.69) is 0 Å². The lowest BCUT2D eigenvalue weighted by Crippen LogP contribution is -2.63. The van der Waals surface area contributed by atoms with Crippen molar-refractivity contribution in [2.45, 2.75) is 26.0 Å². The van der Waals surface area contributed by atoms with Crippen molar-refractivity contribution in [1.82, 2.24) is 4.90 Å². The average molecular weight is 268 g/mol. The number of halogens is 1. The fraction of sp³-hybridized carbons (Fsp3) is 0.538. The van der Waals surface area contributed by atoms with Gasteiger partial charge in [0.2, 0.25) is 0 Å². The largest absolute Gasteiger partial charge is 0.387 e. The number of β-amino-alcohol motifs (C(OH)–C–C–N with tert-alkyl or cyclic N) is 1. The van der Waals surface area contributed by atoms with E-state index in [1.165, 1.54) is 12.1 Å². The average Bonchev–Trinajstić information content (AvgIpc) is 2.26. The molecule has 1 aromatic carbocycles. The van der Waals surface area contributed by atoms with Gasteiger partial charge in [-0.3, -0.25) is 15.0 Å². The van der Waals surface area contributed by atoms with Crippen LogP contribution in [-0.4, -0.2) is 33.6 Å². The summed E-state index contributed by atoms with van der Waals surface area (Å²) >= 11 is 0. The molecule has 1 N–H and O–H groups in total. The molecule has 6 heteroatoms. The summed E-state index contributed by atoms with van der Waals surface area (Å²) < 4.78 is 13.2. The Labute approximate surface area is 110 Å². The van der Waals surface area contributed by atoms with Gasteiger partial charge in [-0.2, -0.15) is 0 Å². The summed E-state index contributed by atoms with van der Waals surface area (Å²) in [6, 6.07) is 3.45. The fourth-order valence-corrected chi connectivity index (χ4v) is 2.30. The molecule has 1 aromatic rings. The van der Waals surface area contributed by atoms with Gasteiger partial charge in [-0.1, -0.05) is 13.8 Å². The Balaban J connectivity index is 2.09. The molecule has 0 spiro atoms. The number of nitro groups is 1. The zero-order valence-electron chi connectivity index (χ0n) is 11.0. The Bertz CT molecular complexity index is 499. The van der Waals surface area contributed by atoms with Crippen LogP contribution in [0.5, 0.6) is 0 Å². The molecular formula is C13H17FN2O3. The first kappa shape index (κ1) is 13.9. The van der Waals surface area contributed by atoms with Crippen LogP contribution in [0.25, 0.3) is 0 Å². The Morgan fingerprint density at radius 3 is 2.68 bits per heavy atom. The molecule has 0 amide bonds. The van der Waals surface area contributed by atoms with Gasteiger partial charge in [0.25, 0.3) is 5.69 Å². The summed E-state index contributed by atoms with van der Waals surface area (Å²) in [5.74, 6) is -0.355. The SMILES string of the molecule is CC(C)C1(O)CN(Cc2cc(F)ccc2[N+](=O)[O-])C1.